The second-order valence-corrected chi connectivity index (χ2v) is 4.58. The molecule has 0 atom stereocenters. The molecule has 0 spiro atoms. The lowest BCUT2D eigenvalue weighted by Gasteiger charge is -2.26. The highest BCUT2D eigenvalue weighted by Crippen LogP contribution is 2.28. The quantitative estimate of drug-likeness (QED) is 0.859. The molecule has 1 fully saturated rings. The number of hydrogen-bond acceptors (Lipinski definition) is 3. The molecule has 3 nitrogen and oxygen atoms in total. The van der Waals surface area contributed by atoms with Crippen molar-refractivity contribution in [2.24, 2.45) is 0 Å². The van der Waals surface area contributed by atoms with Crippen molar-refractivity contribution < 1.29 is 18.3 Å². The summed E-state index contributed by atoms with van der Waals surface area (Å²) in [5.74, 6) is 0. The molecule has 2 rings (SSSR count). The van der Waals surface area contributed by atoms with E-state index in [0.29, 0.717) is 5.69 Å². The fraction of sp³-hybridized carbons (Fsp3) is 0.583. The van der Waals surface area contributed by atoms with Crippen LogP contribution in [-0.2, 0) is 6.18 Å². The number of pyridine rings is 1. The molecule has 2 N–H and O–H groups in total. The molecule has 18 heavy (non-hydrogen) atoms. The van der Waals surface area contributed by atoms with Crippen molar-refractivity contribution in [1.82, 2.24) is 4.98 Å². The third-order valence-electron chi connectivity index (χ3n) is 3.12. The van der Waals surface area contributed by atoms with Crippen LogP contribution in [0.3, 0.4) is 0 Å². The van der Waals surface area contributed by atoms with Crippen molar-refractivity contribution in [2.45, 2.75) is 44.0 Å². The van der Waals surface area contributed by atoms with Gasteiger partial charge in [0.15, 0.2) is 0 Å². The van der Waals surface area contributed by atoms with Crippen LogP contribution in [0.5, 0.6) is 0 Å². The van der Waals surface area contributed by atoms with Gasteiger partial charge in [-0.05, 0) is 37.8 Å². The Bertz CT molecular complexity index is 383. The first-order chi connectivity index (χ1) is 8.45. The Morgan fingerprint density at radius 1 is 1.17 bits per heavy atom. The average Bonchev–Trinajstić information content (AvgIpc) is 2.32. The number of hydrogen-bond donors (Lipinski definition) is 2. The van der Waals surface area contributed by atoms with Gasteiger partial charge in [-0.1, -0.05) is 0 Å². The van der Waals surface area contributed by atoms with Gasteiger partial charge in [-0.2, -0.15) is 13.2 Å². The van der Waals surface area contributed by atoms with E-state index >= 15 is 0 Å². The predicted molar refractivity (Wildman–Crippen MR) is 61.1 cm³/mol. The molecular formula is C12H15F3N2O. The van der Waals surface area contributed by atoms with Crippen molar-refractivity contribution in [2.75, 3.05) is 5.32 Å². The number of anilines is 1. The number of aliphatic hydroxyl groups excluding tert-OH is 1. The summed E-state index contributed by atoms with van der Waals surface area (Å²) in [6, 6.07) is 2.56. The minimum atomic E-state index is -4.40. The first-order valence-corrected chi connectivity index (χ1v) is 5.93. The Morgan fingerprint density at radius 3 is 2.33 bits per heavy atom. The van der Waals surface area contributed by atoms with Crippen LogP contribution < -0.4 is 5.32 Å². The molecule has 0 aromatic carbocycles. The lowest BCUT2D eigenvalue weighted by atomic mass is 9.93. The maximum Gasteiger partial charge on any atom is 0.433 e. The zero-order chi connectivity index (χ0) is 13.2. The number of alkyl halides is 3. The Morgan fingerprint density at radius 2 is 1.83 bits per heavy atom. The topological polar surface area (TPSA) is 45.1 Å². The van der Waals surface area contributed by atoms with Crippen LogP contribution in [0.15, 0.2) is 18.3 Å². The molecular weight excluding hydrogens is 245 g/mol. The number of aromatic nitrogens is 1. The van der Waals surface area contributed by atoms with Gasteiger partial charge in [-0.25, -0.2) is 4.98 Å². The van der Waals surface area contributed by atoms with Crippen LogP contribution in [-0.4, -0.2) is 22.2 Å². The van der Waals surface area contributed by atoms with Crippen molar-refractivity contribution in [3.63, 3.8) is 0 Å². The molecule has 1 aliphatic carbocycles. The monoisotopic (exact) mass is 260 g/mol. The van der Waals surface area contributed by atoms with E-state index in [2.05, 4.69) is 10.3 Å². The van der Waals surface area contributed by atoms with E-state index in [1.807, 2.05) is 0 Å². The summed E-state index contributed by atoms with van der Waals surface area (Å²) in [5.41, 5.74) is -0.295. The fourth-order valence-electron chi connectivity index (χ4n) is 2.10. The Balaban J connectivity index is 1.94. The van der Waals surface area contributed by atoms with E-state index in [1.165, 1.54) is 12.3 Å². The molecule has 100 valence electrons. The van der Waals surface area contributed by atoms with Gasteiger partial charge in [0.1, 0.15) is 5.69 Å². The van der Waals surface area contributed by atoms with Gasteiger partial charge in [0, 0.05) is 6.04 Å². The molecule has 0 radical (unpaired) electrons. The maximum atomic E-state index is 12.3. The lowest BCUT2D eigenvalue weighted by Crippen LogP contribution is -2.28. The molecule has 1 aromatic heterocycles. The minimum Gasteiger partial charge on any atom is -0.393 e. The van der Waals surface area contributed by atoms with Gasteiger partial charge in [0.2, 0.25) is 0 Å². The normalized spacial score (nSPS) is 24.9. The third-order valence-corrected chi connectivity index (χ3v) is 3.12. The summed E-state index contributed by atoms with van der Waals surface area (Å²) >= 11 is 0. The van der Waals surface area contributed by atoms with Crippen molar-refractivity contribution in [1.29, 1.82) is 0 Å². The zero-order valence-electron chi connectivity index (χ0n) is 9.74. The van der Waals surface area contributed by atoms with E-state index in [-0.39, 0.29) is 12.1 Å². The Kier molecular flexibility index (Phi) is 3.75. The van der Waals surface area contributed by atoms with E-state index in [1.54, 1.807) is 0 Å². The van der Waals surface area contributed by atoms with Gasteiger partial charge in [-0.3, -0.25) is 0 Å². The van der Waals surface area contributed by atoms with Crippen LogP contribution in [0.1, 0.15) is 31.4 Å². The van der Waals surface area contributed by atoms with Gasteiger partial charge in [-0.15, -0.1) is 0 Å². The first kappa shape index (κ1) is 13.1. The maximum absolute atomic E-state index is 12.3. The Labute approximate surface area is 103 Å². The molecule has 1 saturated carbocycles. The number of halogens is 3. The van der Waals surface area contributed by atoms with Crippen molar-refractivity contribution in [3.8, 4) is 0 Å². The van der Waals surface area contributed by atoms with Gasteiger partial charge in [0.05, 0.1) is 18.0 Å². The van der Waals surface area contributed by atoms with E-state index in [4.69, 9.17) is 0 Å². The largest absolute Gasteiger partial charge is 0.433 e. The zero-order valence-corrected chi connectivity index (χ0v) is 9.74. The molecule has 1 aromatic rings. The third kappa shape index (κ3) is 3.35. The number of nitrogens with one attached hydrogen (secondary N) is 1. The smallest absolute Gasteiger partial charge is 0.393 e. The summed E-state index contributed by atoms with van der Waals surface area (Å²) < 4.78 is 36.9. The first-order valence-electron chi connectivity index (χ1n) is 5.93. The molecule has 1 heterocycles. The molecule has 0 saturated heterocycles. The summed E-state index contributed by atoms with van der Waals surface area (Å²) in [5, 5.41) is 12.5. The van der Waals surface area contributed by atoms with Crippen LogP contribution >= 0.6 is 0 Å². The highest BCUT2D eigenvalue weighted by Gasteiger charge is 2.32. The van der Waals surface area contributed by atoms with Gasteiger partial charge >= 0.3 is 6.18 Å². The van der Waals surface area contributed by atoms with Crippen molar-refractivity contribution >= 4 is 5.69 Å². The molecule has 0 amide bonds. The lowest BCUT2D eigenvalue weighted by molar-refractivity contribution is -0.141. The second kappa shape index (κ2) is 5.14. The summed E-state index contributed by atoms with van der Waals surface area (Å²) in [4.78, 5) is 3.39. The summed E-state index contributed by atoms with van der Waals surface area (Å²) in [6.07, 6.45) is -0.336. The highest BCUT2D eigenvalue weighted by molar-refractivity contribution is 5.42. The summed E-state index contributed by atoms with van der Waals surface area (Å²) in [7, 11) is 0. The minimum absolute atomic E-state index is 0.201. The van der Waals surface area contributed by atoms with Crippen molar-refractivity contribution in [3.05, 3.63) is 24.0 Å². The van der Waals surface area contributed by atoms with Crippen LogP contribution in [0.25, 0.3) is 0 Å². The Hall–Kier alpha value is -1.30. The SMILES string of the molecule is OC1CCC(Nc2ccc(C(F)(F)F)nc2)CC1. The van der Waals surface area contributed by atoms with Crippen LogP contribution in [0.4, 0.5) is 18.9 Å². The molecule has 0 unspecified atom stereocenters. The second-order valence-electron chi connectivity index (χ2n) is 4.58. The summed E-state index contributed by atoms with van der Waals surface area (Å²) in [6.45, 7) is 0. The van der Waals surface area contributed by atoms with E-state index < -0.39 is 11.9 Å². The van der Waals surface area contributed by atoms with Gasteiger partial charge in [0.25, 0.3) is 0 Å². The number of nitrogens with zero attached hydrogens (tertiary/aromatic N) is 1. The van der Waals surface area contributed by atoms with Crippen LogP contribution in [0.2, 0.25) is 0 Å². The van der Waals surface area contributed by atoms with Gasteiger partial charge < -0.3 is 10.4 Å². The molecule has 0 aliphatic heterocycles. The number of aliphatic hydroxyl groups is 1. The molecule has 0 bridgehead atoms. The standard InChI is InChI=1S/C12H15F3N2O/c13-12(14,15)11-6-3-9(7-16-11)17-8-1-4-10(18)5-2-8/h3,6-8,10,17-18H,1-2,4-5H2. The average molecular weight is 260 g/mol. The highest BCUT2D eigenvalue weighted by atomic mass is 19.4. The van der Waals surface area contributed by atoms with Crippen LogP contribution in [0, 0.1) is 0 Å². The number of rotatable bonds is 2. The molecule has 1 aliphatic rings. The van der Waals surface area contributed by atoms with E-state index in [0.717, 1.165) is 31.7 Å². The van der Waals surface area contributed by atoms with E-state index in [9.17, 15) is 18.3 Å². The fourth-order valence-corrected chi connectivity index (χ4v) is 2.10. The molecule has 6 heteroatoms. The predicted octanol–water partition coefficient (Wildman–Crippen LogP) is 2.82.